The van der Waals surface area contributed by atoms with E-state index in [0.717, 1.165) is 24.5 Å². The van der Waals surface area contributed by atoms with Gasteiger partial charge in [0, 0.05) is 49.8 Å². The first-order valence-corrected chi connectivity index (χ1v) is 9.83. The summed E-state index contributed by atoms with van der Waals surface area (Å²) >= 11 is 0. The summed E-state index contributed by atoms with van der Waals surface area (Å²) in [5.74, 6) is 0.0277. The predicted molar refractivity (Wildman–Crippen MR) is 112 cm³/mol. The highest BCUT2D eigenvalue weighted by atomic mass is 16.2. The van der Waals surface area contributed by atoms with E-state index >= 15 is 0 Å². The van der Waals surface area contributed by atoms with Gasteiger partial charge in [0.15, 0.2) is 0 Å². The molecule has 0 atom stereocenters. The second-order valence-electron chi connectivity index (χ2n) is 7.42. The number of benzene rings is 2. The summed E-state index contributed by atoms with van der Waals surface area (Å²) < 4.78 is 1.87. The molecule has 0 saturated carbocycles. The lowest BCUT2D eigenvalue weighted by Gasteiger charge is -2.24. The fraction of sp³-hybridized carbons (Fsp3) is 0.304. The van der Waals surface area contributed by atoms with Crippen molar-refractivity contribution >= 4 is 11.6 Å². The highest BCUT2D eigenvalue weighted by Crippen LogP contribution is 2.25. The van der Waals surface area contributed by atoms with Gasteiger partial charge in [0.25, 0.3) is 5.91 Å². The Kier molecular flexibility index (Phi) is 5.15. The molecular formula is C23H26N4O. The maximum Gasteiger partial charge on any atom is 0.253 e. The topological polar surface area (TPSA) is 41.4 Å². The second-order valence-corrected chi connectivity index (χ2v) is 7.42. The van der Waals surface area contributed by atoms with Gasteiger partial charge in [-0.2, -0.15) is 5.10 Å². The first kappa shape index (κ1) is 18.3. The number of aryl methyl sites for hydroxylation is 1. The van der Waals surface area contributed by atoms with E-state index in [1.807, 2.05) is 49.0 Å². The molecule has 28 heavy (non-hydrogen) atoms. The van der Waals surface area contributed by atoms with Gasteiger partial charge in [-0.1, -0.05) is 18.2 Å². The molecule has 144 valence electrons. The van der Waals surface area contributed by atoms with Crippen molar-refractivity contribution in [2.24, 2.45) is 0 Å². The summed E-state index contributed by atoms with van der Waals surface area (Å²) in [4.78, 5) is 17.2. The molecule has 2 aromatic carbocycles. The number of anilines is 1. The molecule has 1 fully saturated rings. The van der Waals surface area contributed by atoms with Crippen molar-refractivity contribution in [1.82, 2.24) is 14.7 Å². The minimum absolute atomic E-state index is 0.0277. The first-order chi connectivity index (χ1) is 13.6. The fourth-order valence-corrected chi connectivity index (χ4v) is 3.84. The van der Waals surface area contributed by atoms with Crippen LogP contribution in [0.5, 0.6) is 0 Å². The summed E-state index contributed by atoms with van der Waals surface area (Å²) in [6.45, 7) is 4.81. The lowest BCUT2D eigenvalue weighted by atomic mass is 10.1. The van der Waals surface area contributed by atoms with Crippen molar-refractivity contribution in [3.8, 4) is 5.69 Å². The number of para-hydroxylation sites is 1. The van der Waals surface area contributed by atoms with E-state index in [1.165, 1.54) is 24.1 Å². The third-order valence-electron chi connectivity index (χ3n) is 5.38. The molecule has 2 heterocycles. The Bertz CT molecular complexity index is 955. The maximum absolute atomic E-state index is 12.9. The Morgan fingerprint density at radius 2 is 1.75 bits per heavy atom. The maximum atomic E-state index is 12.9. The van der Waals surface area contributed by atoms with Crippen molar-refractivity contribution in [3.05, 3.63) is 77.6 Å². The average Bonchev–Trinajstić information content (AvgIpc) is 3.40. The van der Waals surface area contributed by atoms with Crippen molar-refractivity contribution in [3.63, 3.8) is 0 Å². The molecule has 0 radical (unpaired) electrons. The van der Waals surface area contributed by atoms with Gasteiger partial charge < -0.3 is 9.80 Å². The van der Waals surface area contributed by atoms with Crippen LogP contribution >= 0.6 is 0 Å². The number of carbonyl (C=O) groups excluding carboxylic acids is 1. The molecule has 0 bridgehead atoms. The summed E-state index contributed by atoms with van der Waals surface area (Å²) in [5.41, 5.74) is 5.17. The lowest BCUT2D eigenvalue weighted by molar-refractivity contribution is 0.0785. The number of hydrogen-bond acceptors (Lipinski definition) is 3. The third kappa shape index (κ3) is 3.65. The van der Waals surface area contributed by atoms with Crippen LogP contribution in [0.15, 0.2) is 60.8 Å². The number of rotatable bonds is 5. The number of carbonyl (C=O) groups is 1. The zero-order valence-corrected chi connectivity index (χ0v) is 16.5. The molecule has 5 heteroatoms. The fourth-order valence-electron chi connectivity index (χ4n) is 3.84. The lowest BCUT2D eigenvalue weighted by Crippen LogP contribution is -2.28. The van der Waals surface area contributed by atoms with Crippen molar-refractivity contribution in [2.45, 2.75) is 26.3 Å². The van der Waals surface area contributed by atoms with Crippen LogP contribution in [0.3, 0.4) is 0 Å². The Balaban J connectivity index is 1.49. The number of amides is 1. The SMILES string of the molecule is Cc1ccnn1-c1ccc(C(=O)N(C)Cc2ccccc2N2CCCC2)cc1. The molecule has 0 aliphatic carbocycles. The van der Waals surface area contributed by atoms with Gasteiger partial charge in [0.05, 0.1) is 5.69 Å². The first-order valence-electron chi connectivity index (χ1n) is 9.83. The van der Waals surface area contributed by atoms with Gasteiger partial charge in [-0.15, -0.1) is 0 Å². The van der Waals surface area contributed by atoms with E-state index in [-0.39, 0.29) is 5.91 Å². The van der Waals surface area contributed by atoms with E-state index in [1.54, 1.807) is 11.1 Å². The van der Waals surface area contributed by atoms with Crippen LogP contribution in [0.25, 0.3) is 5.69 Å². The van der Waals surface area contributed by atoms with Crippen molar-refractivity contribution < 1.29 is 4.79 Å². The van der Waals surface area contributed by atoms with Gasteiger partial charge in [0.1, 0.15) is 0 Å². The van der Waals surface area contributed by atoms with Gasteiger partial charge in [-0.3, -0.25) is 4.79 Å². The Morgan fingerprint density at radius 3 is 2.43 bits per heavy atom. The van der Waals surface area contributed by atoms with Crippen LogP contribution in [-0.4, -0.2) is 40.7 Å². The van der Waals surface area contributed by atoms with Gasteiger partial charge in [-0.25, -0.2) is 4.68 Å². The largest absolute Gasteiger partial charge is 0.371 e. The molecule has 4 rings (SSSR count). The average molecular weight is 374 g/mol. The molecule has 1 saturated heterocycles. The molecule has 0 spiro atoms. The minimum atomic E-state index is 0.0277. The molecule has 1 aromatic heterocycles. The van der Waals surface area contributed by atoms with Crippen LogP contribution < -0.4 is 4.90 Å². The zero-order valence-electron chi connectivity index (χ0n) is 16.5. The van der Waals surface area contributed by atoms with Gasteiger partial charge in [-0.05, 0) is 61.7 Å². The van der Waals surface area contributed by atoms with E-state index < -0.39 is 0 Å². The molecule has 1 aliphatic rings. The van der Waals surface area contributed by atoms with Crippen LogP contribution in [0.4, 0.5) is 5.69 Å². The molecular weight excluding hydrogens is 348 g/mol. The number of nitrogens with zero attached hydrogens (tertiary/aromatic N) is 4. The van der Waals surface area contributed by atoms with E-state index in [0.29, 0.717) is 12.1 Å². The highest BCUT2D eigenvalue weighted by molar-refractivity contribution is 5.94. The van der Waals surface area contributed by atoms with Gasteiger partial charge >= 0.3 is 0 Å². The van der Waals surface area contributed by atoms with E-state index in [9.17, 15) is 4.79 Å². The highest BCUT2D eigenvalue weighted by Gasteiger charge is 2.18. The third-order valence-corrected chi connectivity index (χ3v) is 5.38. The molecule has 1 amide bonds. The Labute approximate surface area is 166 Å². The molecule has 5 nitrogen and oxygen atoms in total. The smallest absolute Gasteiger partial charge is 0.253 e. The van der Waals surface area contributed by atoms with E-state index in [2.05, 4.69) is 34.3 Å². The number of aromatic nitrogens is 2. The molecule has 3 aromatic rings. The minimum Gasteiger partial charge on any atom is -0.371 e. The quantitative estimate of drug-likeness (QED) is 0.676. The monoisotopic (exact) mass is 374 g/mol. The van der Waals surface area contributed by atoms with Crippen LogP contribution in [0, 0.1) is 6.92 Å². The summed E-state index contributed by atoms with van der Waals surface area (Å²) in [5, 5.41) is 4.32. The molecule has 0 unspecified atom stereocenters. The van der Waals surface area contributed by atoms with Crippen LogP contribution in [-0.2, 0) is 6.54 Å². The summed E-state index contributed by atoms with van der Waals surface area (Å²) in [6.07, 6.45) is 4.26. The Hall–Kier alpha value is -3.08. The van der Waals surface area contributed by atoms with E-state index in [4.69, 9.17) is 0 Å². The zero-order chi connectivity index (χ0) is 19.5. The second kappa shape index (κ2) is 7.89. The van der Waals surface area contributed by atoms with Gasteiger partial charge in [0.2, 0.25) is 0 Å². The summed E-state index contributed by atoms with van der Waals surface area (Å²) in [7, 11) is 1.87. The Morgan fingerprint density at radius 1 is 1.04 bits per heavy atom. The van der Waals surface area contributed by atoms with Crippen molar-refractivity contribution in [2.75, 3.05) is 25.0 Å². The number of hydrogen-bond donors (Lipinski definition) is 0. The molecule has 0 N–H and O–H groups in total. The van der Waals surface area contributed by atoms with Crippen molar-refractivity contribution in [1.29, 1.82) is 0 Å². The normalized spacial score (nSPS) is 13.7. The molecule has 1 aliphatic heterocycles. The summed E-state index contributed by atoms with van der Waals surface area (Å²) in [6, 6.07) is 18.0. The predicted octanol–water partition coefficient (Wildman–Crippen LogP) is 4.05. The standard InChI is InChI=1S/C23H26N4O/c1-18-13-14-24-27(18)21-11-9-19(10-12-21)23(28)25(2)17-20-7-3-4-8-22(20)26-15-5-6-16-26/h3-4,7-14H,5-6,15-17H2,1-2H3. The van der Waals surface area contributed by atoms with Crippen LogP contribution in [0.1, 0.15) is 34.5 Å². The van der Waals surface area contributed by atoms with Crippen LogP contribution in [0.2, 0.25) is 0 Å².